The molecule has 3 N–H and O–H groups in total. The molecule has 17 heavy (non-hydrogen) atoms. The van der Waals surface area contributed by atoms with Gasteiger partial charge in [-0.15, -0.1) is 0 Å². The summed E-state index contributed by atoms with van der Waals surface area (Å²) in [5.41, 5.74) is 7.17. The first-order chi connectivity index (χ1) is 8.09. The lowest BCUT2D eigenvalue weighted by atomic mass is 10.2. The van der Waals surface area contributed by atoms with E-state index in [4.69, 9.17) is 15.3 Å². The summed E-state index contributed by atoms with van der Waals surface area (Å²) in [5, 5.41) is 8.54. The van der Waals surface area contributed by atoms with Crippen LogP contribution in [0.1, 0.15) is 12.8 Å². The van der Waals surface area contributed by atoms with Gasteiger partial charge in [-0.05, 0) is 18.6 Å². The average molecular weight is 236 g/mol. The fourth-order valence-electron chi connectivity index (χ4n) is 1.74. The highest BCUT2D eigenvalue weighted by molar-refractivity contribution is 5.85. The van der Waals surface area contributed by atoms with Crippen LogP contribution in [0, 0.1) is 0 Å². The first-order valence-electron chi connectivity index (χ1n) is 5.19. The zero-order chi connectivity index (χ0) is 12.4. The quantitative estimate of drug-likeness (QED) is 0.773. The van der Waals surface area contributed by atoms with Gasteiger partial charge in [0.25, 0.3) is 0 Å². The fraction of sp³-hybridized carbons (Fsp3) is 0.273. The molecule has 0 aliphatic rings. The van der Waals surface area contributed by atoms with E-state index in [0.717, 1.165) is 0 Å². The number of benzene rings is 1. The number of aromatic nitrogens is 1. The molecule has 1 aromatic carbocycles. The molecule has 0 spiro atoms. The van der Waals surface area contributed by atoms with Gasteiger partial charge in [0.05, 0.1) is 5.69 Å². The van der Waals surface area contributed by atoms with Crippen LogP contribution in [-0.4, -0.2) is 15.6 Å². The van der Waals surface area contributed by atoms with Gasteiger partial charge >= 0.3 is 11.7 Å². The van der Waals surface area contributed by atoms with Crippen molar-refractivity contribution in [2.75, 3.05) is 5.73 Å². The number of hydrogen-bond donors (Lipinski definition) is 2. The summed E-state index contributed by atoms with van der Waals surface area (Å²) in [6, 6.07) is 5.02. The van der Waals surface area contributed by atoms with Crippen LogP contribution in [-0.2, 0) is 11.3 Å². The molecule has 0 bridgehead atoms. The average Bonchev–Trinajstić information content (AvgIpc) is 2.56. The summed E-state index contributed by atoms with van der Waals surface area (Å²) in [4.78, 5) is 22.0. The molecule has 2 aromatic rings. The zero-order valence-corrected chi connectivity index (χ0v) is 9.05. The summed E-state index contributed by atoms with van der Waals surface area (Å²) >= 11 is 0. The van der Waals surface area contributed by atoms with Gasteiger partial charge in [0.1, 0.15) is 5.52 Å². The number of hydrogen-bond acceptors (Lipinski definition) is 4. The van der Waals surface area contributed by atoms with Crippen LogP contribution in [0.4, 0.5) is 5.69 Å². The molecule has 0 atom stereocenters. The zero-order valence-electron chi connectivity index (χ0n) is 9.05. The summed E-state index contributed by atoms with van der Waals surface area (Å²) in [7, 11) is 0. The number of carboxylic acid groups (broad SMARTS) is 1. The maximum atomic E-state index is 11.6. The number of oxazole rings is 1. The SMILES string of the molecule is Nc1cccc2oc(=O)n(CCCC(=O)O)c12. The van der Waals surface area contributed by atoms with E-state index >= 15 is 0 Å². The number of aryl methyl sites for hydroxylation is 1. The monoisotopic (exact) mass is 236 g/mol. The normalized spacial score (nSPS) is 10.8. The molecule has 90 valence electrons. The number of carbonyl (C=O) groups is 1. The smallest absolute Gasteiger partial charge is 0.420 e. The van der Waals surface area contributed by atoms with Crippen molar-refractivity contribution in [1.29, 1.82) is 0 Å². The second-order valence-corrected chi connectivity index (χ2v) is 3.71. The molecule has 0 aliphatic carbocycles. The summed E-state index contributed by atoms with van der Waals surface area (Å²) in [6.07, 6.45) is 0.365. The third-order valence-electron chi connectivity index (χ3n) is 2.49. The minimum absolute atomic E-state index is 0.00581. The van der Waals surface area contributed by atoms with E-state index in [0.29, 0.717) is 23.2 Å². The van der Waals surface area contributed by atoms with Crippen LogP contribution in [0.3, 0.4) is 0 Å². The first-order valence-corrected chi connectivity index (χ1v) is 5.19. The van der Waals surface area contributed by atoms with Crippen molar-refractivity contribution in [2.45, 2.75) is 19.4 Å². The number of para-hydroxylation sites is 1. The van der Waals surface area contributed by atoms with E-state index in [1.54, 1.807) is 18.2 Å². The Morgan fingerprint density at radius 3 is 2.94 bits per heavy atom. The highest BCUT2D eigenvalue weighted by Crippen LogP contribution is 2.19. The van der Waals surface area contributed by atoms with Gasteiger partial charge in [-0.25, -0.2) is 4.79 Å². The van der Waals surface area contributed by atoms with Crippen LogP contribution < -0.4 is 11.5 Å². The second kappa shape index (κ2) is 4.32. The van der Waals surface area contributed by atoms with Crippen molar-refractivity contribution in [3.8, 4) is 0 Å². The van der Waals surface area contributed by atoms with E-state index in [2.05, 4.69) is 0 Å². The van der Waals surface area contributed by atoms with E-state index in [1.165, 1.54) is 4.57 Å². The third-order valence-corrected chi connectivity index (χ3v) is 2.49. The van der Waals surface area contributed by atoms with Crippen molar-refractivity contribution in [3.05, 3.63) is 28.7 Å². The highest BCUT2D eigenvalue weighted by Gasteiger charge is 2.11. The summed E-state index contributed by atoms with van der Waals surface area (Å²) in [6.45, 7) is 0.284. The first kappa shape index (κ1) is 11.3. The predicted molar refractivity (Wildman–Crippen MR) is 61.8 cm³/mol. The maximum Gasteiger partial charge on any atom is 0.420 e. The molecule has 0 saturated carbocycles. The molecule has 0 unspecified atom stereocenters. The molecule has 1 aromatic heterocycles. The number of aliphatic carboxylic acids is 1. The maximum absolute atomic E-state index is 11.6. The molecule has 2 rings (SSSR count). The molecule has 6 nitrogen and oxygen atoms in total. The standard InChI is InChI=1S/C11H12N2O4/c12-7-3-1-4-8-10(7)13(11(16)17-8)6-2-5-9(14)15/h1,3-4H,2,5-6,12H2,(H,14,15). The van der Waals surface area contributed by atoms with Crippen LogP contribution in [0.5, 0.6) is 0 Å². The molecule has 0 saturated heterocycles. The molecule has 1 heterocycles. The molecule has 0 amide bonds. The van der Waals surface area contributed by atoms with Gasteiger partial charge in [0.2, 0.25) is 0 Å². The summed E-state index contributed by atoms with van der Waals surface area (Å²) in [5.74, 6) is -1.40. The van der Waals surface area contributed by atoms with Gasteiger partial charge in [0, 0.05) is 13.0 Å². The van der Waals surface area contributed by atoms with Gasteiger partial charge < -0.3 is 15.3 Å². The lowest BCUT2D eigenvalue weighted by Crippen LogP contribution is -2.15. The Balaban J connectivity index is 2.36. The molecule has 6 heteroatoms. The van der Waals surface area contributed by atoms with E-state index in [1.807, 2.05) is 0 Å². The number of carboxylic acids is 1. The van der Waals surface area contributed by atoms with Crippen LogP contribution in [0.15, 0.2) is 27.4 Å². The Morgan fingerprint density at radius 1 is 1.47 bits per heavy atom. The second-order valence-electron chi connectivity index (χ2n) is 3.71. The fourth-order valence-corrected chi connectivity index (χ4v) is 1.74. The minimum atomic E-state index is -0.890. The van der Waals surface area contributed by atoms with Crippen molar-refractivity contribution in [2.24, 2.45) is 0 Å². The Morgan fingerprint density at radius 2 is 2.24 bits per heavy atom. The molecule has 0 aliphatic heterocycles. The van der Waals surface area contributed by atoms with Crippen molar-refractivity contribution >= 4 is 22.8 Å². The number of nitrogens with two attached hydrogens (primary N) is 1. The minimum Gasteiger partial charge on any atom is -0.481 e. The van der Waals surface area contributed by atoms with Crippen LogP contribution in [0.25, 0.3) is 11.1 Å². The van der Waals surface area contributed by atoms with E-state index in [-0.39, 0.29) is 13.0 Å². The Labute approximate surface area is 96.3 Å². The number of anilines is 1. The van der Waals surface area contributed by atoms with Crippen molar-refractivity contribution in [1.82, 2.24) is 4.57 Å². The van der Waals surface area contributed by atoms with E-state index in [9.17, 15) is 9.59 Å². The lowest BCUT2D eigenvalue weighted by molar-refractivity contribution is -0.137. The number of fused-ring (bicyclic) bond motifs is 1. The third kappa shape index (κ3) is 2.15. The van der Waals surface area contributed by atoms with Crippen molar-refractivity contribution < 1.29 is 14.3 Å². The Hall–Kier alpha value is -2.24. The van der Waals surface area contributed by atoms with Crippen LogP contribution in [0.2, 0.25) is 0 Å². The Kier molecular flexibility index (Phi) is 2.86. The lowest BCUT2D eigenvalue weighted by Gasteiger charge is -2.02. The highest BCUT2D eigenvalue weighted by atomic mass is 16.4. The largest absolute Gasteiger partial charge is 0.481 e. The van der Waals surface area contributed by atoms with Gasteiger partial charge in [-0.2, -0.15) is 0 Å². The molecule has 0 fully saturated rings. The van der Waals surface area contributed by atoms with Crippen molar-refractivity contribution in [3.63, 3.8) is 0 Å². The number of nitrogen functional groups attached to an aromatic ring is 1. The number of nitrogens with zero attached hydrogens (tertiary/aromatic N) is 1. The summed E-state index contributed by atoms with van der Waals surface area (Å²) < 4.78 is 6.39. The predicted octanol–water partition coefficient (Wildman–Crippen LogP) is 1.04. The van der Waals surface area contributed by atoms with Gasteiger partial charge in [0.15, 0.2) is 5.58 Å². The topological polar surface area (TPSA) is 98.5 Å². The molecular weight excluding hydrogens is 224 g/mol. The molecular formula is C11H12N2O4. The van der Waals surface area contributed by atoms with E-state index < -0.39 is 11.7 Å². The van der Waals surface area contributed by atoms with Gasteiger partial charge in [-0.1, -0.05) is 6.07 Å². The molecule has 0 radical (unpaired) electrons. The Bertz CT molecular complexity index is 611. The number of rotatable bonds is 4. The van der Waals surface area contributed by atoms with Crippen LogP contribution >= 0.6 is 0 Å². The van der Waals surface area contributed by atoms with Gasteiger partial charge in [-0.3, -0.25) is 9.36 Å².